The van der Waals surface area contributed by atoms with Gasteiger partial charge in [-0.2, -0.15) is 4.98 Å². The predicted molar refractivity (Wildman–Crippen MR) is 122 cm³/mol. The zero-order valence-electron chi connectivity index (χ0n) is 18.4. The molecule has 2 aliphatic heterocycles. The average molecular weight is 453 g/mol. The number of nitrogens with one attached hydrogen (secondary N) is 1. The molecule has 8 heteroatoms. The van der Waals surface area contributed by atoms with Crippen LogP contribution in [0.15, 0.2) is 46.3 Å². The third-order valence-electron chi connectivity index (χ3n) is 6.22. The third-order valence-corrected chi connectivity index (χ3v) is 7.09. The summed E-state index contributed by atoms with van der Waals surface area (Å²) in [6.07, 6.45) is 2.41. The van der Waals surface area contributed by atoms with Crippen molar-refractivity contribution in [3.63, 3.8) is 0 Å². The molecule has 1 saturated heterocycles. The van der Waals surface area contributed by atoms with Gasteiger partial charge >= 0.3 is 0 Å². The van der Waals surface area contributed by atoms with E-state index in [1.54, 1.807) is 11.3 Å². The van der Waals surface area contributed by atoms with Gasteiger partial charge < -0.3 is 14.6 Å². The lowest BCUT2D eigenvalue weighted by molar-refractivity contribution is -0.127. The first kappa shape index (κ1) is 21.2. The van der Waals surface area contributed by atoms with E-state index in [0.29, 0.717) is 18.3 Å². The lowest BCUT2D eigenvalue weighted by Gasteiger charge is -2.39. The Morgan fingerprint density at radius 3 is 2.81 bits per heavy atom. The number of piperidine rings is 1. The second kappa shape index (κ2) is 8.67. The Hall–Kier alpha value is -2.71. The molecule has 3 aromatic rings. The van der Waals surface area contributed by atoms with Gasteiger partial charge in [-0.15, -0.1) is 11.3 Å². The quantitative estimate of drug-likeness (QED) is 0.617. The number of likely N-dealkylation sites (tertiary alicyclic amines) is 1. The van der Waals surface area contributed by atoms with Crippen molar-refractivity contribution >= 4 is 17.2 Å². The Bertz CT molecular complexity index is 1070. The van der Waals surface area contributed by atoms with E-state index in [-0.39, 0.29) is 23.5 Å². The number of fused-ring (bicyclic) bond motifs is 1. The molecule has 1 aromatic carbocycles. The highest BCUT2D eigenvalue weighted by Crippen LogP contribution is 2.39. The Kier molecular flexibility index (Phi) is 5.73. The van der Waals surface area contributed by atoms with E-state index in [1.807, 2.05) is 41.8 Å². The van der Waals surface area contributed by atoms with Gasteiger partial charge in [0.05, 0.1) is 17.5 Å². The van der Waals surface area contributed by atoms with Crippen molar-refractivity contribution in [1.29, 1.82) is 0 Å². The molecule has 4 heterocycles. The molecule has 2 aliphatic rings. The molecule has 2 aromatic heterocycles. The molecule has 0 aliphatic carbocycles. The molecule has 0 saturated carbocycles. The van der Waals surface area contributed by atoms with Gasteiger partial charge in [0.15, 0.2) is 0 Å². The third kappa shape index (κ3) is 4.56. The fourth-order valence-electron chi connectivity index (χ4n) is 4.59. The van der Waals surface area contributed by atoms with Crippen LogP contribution in [0.1, 0.15) is 50.6 Å². The minimum absolute atomic E-state index is 0.0189. The molecule has 32 heavy (non-hydrogen) atoms. The van der Waals surface area contributed by atoms with Crippen molar-refractivity contribution in [2.24, 2.45) is 5.92 Å². The molecule has 0 radical (unpaired) electrons. The van der Waals surface area contributed by atoms with Crippen LogP contribution in [0.25, 0.3) is 10.7 Å². The number of aromatic nitrogens is 2. The number of para-hydroxylation sites is 1. The molecular weight excluding hydrogens is 424 g/mol. The van der Waals surface area contributed by atoms with E-state index < -0.39 is 0 Å². The highest BCUT2D eigenvalue weighted by Gasteiger charge is 2.36. The first-order chi connectivity index (χ1) is 15.5. The molecule has 0 bridgehead atoms. The zero-order chi connectivity index (χ0) is 22.1. The van der Waals surface area contributed by atoms with Gasteiger partial charge in [-0.25, -0.2) is 0 Å². The SMILES string of the molecule is CC1(C)CC(NC(=O)C2CCN(Cc3nc(-c4cccs4)no3)CC2)c2ccccc2O1. The highest BCUT2D eigenvalue weighted by molar-refractivity contribution is 7.13. The summed E-state index contributed by atoms with van der Waals surface area (Å²) in [6, 6.07) is 11.9. The van der Waals surface area contributed by atoms with E-state index in [9.17, 15) is 4.79 Å². The molecule has 1 N–H and O–H groups in total. The zero-order valence-corrected chi connectivity index (χ0v) is 19.2. The monoisotopic (exact) mass is 452 g/mol. The van der Waals surface area contributed by atoms with Crippen LogP contribution in [0.3, 0.4) is 0 Å². The highest BCUT2D eigenvalue weighted by atomic mass is 32.1. The van der Waals surface area contributed by atoms with Crippen LogP contribution in [0, 0.1) is 5.92 Å². The van der Waals surface area contributed by atoms with Gasteiger partial charge in [0, 0.05) is 17.9 Å². The van der Waals surface area contributed by atoms with Gasteiger partial charge in [0.25, 0.3) is 0 Å². The van der Waals surface area contributed by atoms with Gasteiger partial charge in [-0.05, 0) is 57.3 Å². The molecule has 1 unspecified atom stereocenters. The molecule has 7 nitrogen and oxygen atoms in total. The van der Waals surface area contributed by atoms with Crippen molar-refractivity contribution in [1.82, 2.24) is 20.4 Å². The van der Waals surface area contributed by atoms with Crippen LogP contribution in [-0.2, 0) is 11.3 Å². The van der Waals surface area contributed by atoms with Crippen LogP contribution in [0.4, 0.5) is 0 Å². The summed E-state index contributed by atoms with van der Waals surface area (Å²) in [7, 11) is 0. The Labute approximate surface area is 191 Å². The summed E-state index contributed by atoms with van der Waals surface area (Å²) in [5.41, 5.74) is 0.761. The van der Waals surface area contributed by atoms with Crippen molar-refractivity contribution < 1.29 is 14.1 Å². The van der Waals surface area contributed by atoms with Crippen LogP contribution < -0.4 is 10.1 Å². The molecule has 0 spiro atoms. The second-order valence-corrected chi connectivity index (χ2v) is 10.2. The number of amides is 1. The topological polar surface area (TPSA) is 80.5 Å². The smallest absolute Gasteiger partial charge is 0.241 e. The molecular formula is C24H28N4O3S. The van der Waals surface area contributed by atoms with Crippen LogP contribution >= 0.6 is 11.3 Å². The van der Waals surface area contributed by atoms with E-state index in [2.05, 4.69) is 34.2 Å². The summed E-state index contributed by atoms with van der Waals surface area (Å²) in [4.78, 5) is 20.9. The number of carbonyl (C=O) groups excluding carboxylic acids is 1. The van der Waals surface area contributed by atoms with E-state index in [0.717, 1.165) is 48.5 Å². The number of carbonyl (C=O) groups is 1. The lowest BCUT2D eigenvalue weighted by Crippen LogP contribution is -2.45. The van der Waals surface area contributed by atoms with Crippen molar-refractivity contribution in [2.45, 2.75) is 51.3 Å². The number of benzene rings is 1. The van der Waals surface area contributed by atoms with E-state index in [1.165, 1.54) is 0 Å². The Morgan fingerprint density at radius 1 is 1.22 bits per heavy atom. The number of hydrogen-bond donors (Lipinski definition) is 1. The molecule has 168 valence electrons. The van der Waals surface area contributed by atoms with Crippen molar-refractivity contribution in [3.05, 3.63) is 53.2 Å². The molecule has 1 amide bonds. The molecule has 1 fully saturated rings. The van der Waals surface area contributed by atoms with Crippen LogP contribution in [-0.4, -0.2) is 39.6 Å². The fourth-order valence-corrected chi connectivity index (χ4v) is 5.24. The van der Waals surface area contributed by atoms with Gasteiger partial charge in [-0.3, -0.25) is 9.69 Å². The Balaban J connectivity index is 1.16. The number of thiophene rings is 1. The first-order valence-electron chi connectivity index (χ1n) is 11.1. The van der Waals surface area contributed by atoms with Gasteiger partial charge in [0.1, 0.15) is 11.4 Å². The van der Waals surface area contributed by atoms with Crippen molar-refractivity contribution in [3.8, 4) is 16.5 Å². The summed E-state index contributed by atoms with van der Waals surface area (Å²) >= 11 is 1.60. The molecule has 5 rings (SSSR count). The number of rotatable bonds is 5. The van der Waals surface area contributed by atoms with Crippen LogP contribution in [0.5, 0.6) is 5.75 Å². The summed E-state index contributed by atoms with van der Waals surface area (Å²) < 4.78 is 11.5. The van der Waals surface area contributed by atoms with Gasteiger partial charge in [0.2, 0.25) is 17.6 Å². The van der Waals surface area contributed by atoms with Gasteiger partial charge in [-0.1, -0.05) is 29.4 Å². The first-order valence-corrected chi connectivity index (χ1v) is 12.0. The summed E-state index contributed by atoms with van der Waals surface area (Å²) in [6.45, 7) is 6.44. The normalized spacial score (nSPS) is 21.0. The number of hydrogen-bond acceptors (Lipinski definition) is 7. The average Bonchev–Trinajstić information content (AvgIpc) is 3.45. The number of ether oxygens (including phenoxy) is 1. The number of nitrogens with zero attached hydrogens (tertiary/aromatic N) is 3. The predicted octanol–water partition coefficient (Wildman–Crippen LogP) is 4.43. The lowest BCUT2D eigenvalue weighted by atomic mass is 9.88. The summed E-state index contributed by atoms with van der Waals surface area (Å²) in [5, 5.41) is 9.39. The minimum Gasteiger partial charge on any atom is -0.487 e. The largest absolute Gasteiger partial charge is 0.487 e. The van der Waals surface area contributed by atoms with Crippen molar-refractivity contribution in [2.75, 3.05) is 13.1 Å². The maximum absolute atomic E-state index is 13.1. The summed E-state index contributed by atoms with van der Waals surface area (Å²) in [5.74, 6) is 2.29. The minimum atomic E-state index is -0.304. The maximum atomic E-state index is 13.1. The Morgan fingerprint density at radius 2 is 2.03 bits per heavy atom. The van der Waals surface area contributed by atoms with Crippen LogP contribution in [0.2, 0.25) is 0 Å². The van der Waals surface area contributed by atoms with E-state index in [4.69, 9.17) is 9.26 Å². The standard InChI is InChI=1S/C24H28N4O3S/c1-24(2)14-18(17-6-3-4-7-19(17)30-24)25-23(29)16-9-11-28(12-10-16)15-21-26-22(27-31-21)20-8-5-13-32-20/h3-8,13,16,18H,9-12,14-15H2,1-2H3,(H,25,29). The molecule has 1 atom stereocenters. The second-order valence-electron chi connectivity index (χ2n) is 9.20. The maximum Gasteiger partial charge on any atom is 0.241 e. The fraction of sp³-hybridized carbons (Fsp3) is 0.458. The van der Waals surface area contributed by atoms with E-state index >= 15 is 0 Å².